The Morgan fingerprint density at radius 1 is 1.00 bits per heavy atom. The van der Waals surface area contributed by atoms with Crippen LogP contribution in [0.3, 0.4) is 0 Å². The summed E-state index contributed by atoms with van der Waals surface area (Å²) in [7, 11) is -1.39. The van der Waals surface area contributed by atoms with Gasteiger partial charge in [-0.25, -0.2) is 13.3 Å². The molecule has 1 aliphatic rings. The van der Waals surface area contributed by atoms with Gasteiger partial charge in [0.05, 0.1) is 22.2 Å². The predicted octanol–water partition coefficient (Wildman–Crippen LogP) is 1.87. The first-order chi connectivity index (χ1) is 18.2. The Balaban J connectivity index is 0.00000195. The summed E-state index contributed by atoms with van der Waals surface area (Å²) in [5.74, 6) is -2.47. The molecule has 1 heterocycles. The summed E-state index contributed by atoms with van der Waals surface area (Å²) in [6.45, 7) is 4.38. The number of benzene rings is 2. The van der Waals surface area contributed by atoms with Gasteiger partial charge in [-0.2, -0.15) is 0 Å². The van der Waals surface area contributed by atoms with E-state index in [9.17, 15) is 33.6 Å². The highest BCUT2D eigenvalue weighted by atomic mass is 32.2. The number of rotatable bonds is 8. The van der Waals surface area contributed by atoms with Crippen LogP contribution < -0.4 is 21.5 Å². The molecule has 0 radical (unpaired) electrons. The van der Waals surface area contributed by atoms with Crippen LogP contribution in [0, 0.1) is 0 Å². The summed E-state index contributed by atoms with van der Waals surface area (Å²) in [5.41, 5.74) is -0.711. The Bertz CT molecular complexity index is 1400. The fourth-order valence-electron chi connectivity index (χ4n) is 4.02. The molecule has 3 aromatic rings. The van der Waals surface area contributed by atoms with Crippen molar-refractivity contribution < 1.29 is 24.0 Å². The lowest BCUT2D eigenvalue weighted by atomic mass is 10.1. The number of amides is 1. The molecule has 12 heteroatoms. The molecular formula is C26H30N4O7S. The second-order valence-electron chi connectivity index (χ2n) is 8.24. The number of nitrogens with one attached hydrogen (secondary N) is 2. The fourth-order valence-corrected chi connectivity index (χ4v) is 4.71. The molecule has 0 spiro atoms. The highest BCUT2D eigenvalue weighted by Gasteiger charge is 2.37. The minimum Gasteiger partial charge on any atom is -0.505 e. The summed E-state index contributed by atoms with van der Waals surface area (Å²) >= 11 is 0. The van der Waals surface area contributed by atoms with Crippen molar-refractivity contribution in [1.29, 1.82) is 0 Å². The number of piperazine rings is 1. The Morgan fingerprint density at radius 3 is 2.29 bits per heavy atom. The van der Waals surface area contributed by atoms with Crippen LogP contribution >= 0.6 is 0 Å². The van der Waals surface area contributed by atoms with E-state index in [0.29, 0.717) is 6.54 Å². The van der Waals surface area contributed by atoms with Crippen LogP contribution in [0.15, 0.2) is 58.1 Å². The molecule has 2 unspecified atom stereocenters. The summed E-state index contributed by atoms with van der Waals surface area (Å²) in [6.07, 6.45) is 1.43. The quantitative estimate of drug-likeness (QED) is 0.246. The van der Waals surface area contributed by atoms with Crippen molar-refractivity contribution in [2.24, 2.45) is 0 Å². The molecule has 38 heavy (non-hydrogen) atoms. The predicted molar refractivity (Wildman–Crippen MR) is 146 cm³/mol. The average Bonchev–Trinajstić information content (AvgIpc) is 2.94. The first kappa shape index (κ1) is 28.5. The maximum absolute atomic E-state index is 13.2. The van der Waals surface area contributed by atoms with Gasteiger partial charge in [0.15, 0.2) is 5.75 Å². The zero-order chi connectivity index (χ0) is 28.0. The van der Waals surface area contributed by atoms with Gasteiger partial charge >= 0.3 is 5.97 Å². The number of aliphatic carboxylic acids is 1. The average molecular weight is 543 g/mol. The molecule has 202 valence electrons. The lowest BCUT2D eigenvalue weighted by molar-refractivity contribution is -0.143. The fraction of sp³-hybridized carbons (Fsp3) is 0.308. The Labute approximate surface area is 222 Å². The Kier molecular flexibility index (Phi) is 9.37. The second kappa shape index (κ2) is 12.5. The lowest BCUT2D eigenvalue weighted by Gasteiger charge is -2.38. The lowest BCUT2D eigenvalue weighted by Crippen LogP contribution is -2.58. The number of carboxylic acid groups (broad SMARTS) is 1. The van der Waals surface area contributed by atoms with Gasteiger partial charge in [-0.1, -0.05) is 50.2 Å². The second-order valence-corrected chi connectivity index (χ2v) is 9.60. The van der Waals surface area contributed by atoms with Crippen molar-refractivity contribution >= 4 is 39.9 Å². The number of aromatic hydroxyl groups is 1. The molecule has 0 aliphatic carbocycles. The van der Waals surface area contributed by atoms with Gasteiger partial charge < -0.3 is 25.7 Å². The minimum atomic E-state index is -1.39. The highest BCUT2D eigenvalue weighted by molar-refractivity contribution is 7.81. The normalized spacial score (nSPS) is 16.3. The van der Waals surface area contributed by atoms with E-state index in [4.69, 9.17) is 0 Å². The Morgan fingerprint density at radius 2 is 1.66 bits per heavy atom. The summed E-state index contributed by atoms with van der Waals surface area (Å²) in [6, 6.07) is 12.2. The van der Waals surface area contributed by atoms with Crippen molar-refractivity contribution in [3.63, 3.8) is 0 Å². The number of hydrogen-bond donors (Lipinski definition) is 4. The Hall–Kier alpha value is -4.03. The van der Waals surface area contributed by atoms with Gasteiger partial charge in [-0.3, -0.25) is 14.4 Å². The van der Waals surface area contributed by atoms with E-state index in [1.165, 1.54) is 28.8 Å². The van der Waals surface area contributed by atoms with E-state index in [2.05, 4.69) is 10.6 Å². The molecule has 0 bridgehead atoms. The van der Waals surface area contributed by atoms with Gasteiger partial charge in [0, 0.05) is 32.4 Å². The SMILES string of the molecule is CC.CS(=O)N1CCN(C(=O)c2cccc(Nc3c(NCc4ccccc4)c(=O)c3=O)c2O)C(C(=O)O)C1. The summed E-state index contributed by atoms with van der Waals surface area (Å²) in [5, 5.41) is 26.1. The maximum atomic E-state index is 13.2. The molecular weight excluding hydrogens is 512 g/mol. The standard InChI is InChI=1S/C24H24N4O7S.C2H6/c1-36(35)27-10-11-28(17(13-27)24(33)34)23(32)15-8-5-9-16(20(15)29)26-19-18(21(30)22(19)31)25-12-14-6-3-2-4-7-14;1-2/h2-9,17,25-26,29H,10-13H2,1H3,(H,33,34);1-2H3. The number of phenolic OH excluding ortho intramolecular Hbond substituents is 1. The summed E-state index contributed by atoms with van der Waals surface area (Å²) in [4.78, 5) is 50.4. The number of carbonyl (C=O) groups is 2. The number of phenols is 1. The number of nitrogens with zero attached hydrogens (tertiary/aromatic N) is 2. The van der Waals surface area contributed by atoms with Gasteiger partial charge in [-0.05, 0) is 17.7 Å². The largest absolute Gasteiger partial charge is 0.505 e. The van der Waals surface area contributed by atoms with Crippen LogP contribution in [0.4, 0.5) is 17.1 Å². The van der Waals surface area contributed by atoms with E-state index >= 15 is 0 Å². The minimum absolute atomic E-state index is 0.00181. The van der Waals surface area contributed by atoms with E-state index < -0.39 is 45.5 Å². The van der Waals surface area contributed by atoms with E-state index in [0.717, 1.165) is 10.5 Å². The molecule has 3 aromatic carbocycles. The maximum Gasteiger partial charge on any atom is 0.327 e. The van der Waals surface area contributed by atoms with Crippen LogP contribution in [0.5, 0.6) is 5.75 Å². The van der Waals surface area contributed by atoms with Crippen LogP contribution in [-0.4, -0.2) is 67.4 Å². The van der Waals surface area contributed by atoms with Crippen LogP contribution in [0.2, 0.25) is 0 Å². The topological polar surface area (TPSA) is 156 Å². The van der Waals surface area contributed by atoms with E-state index in [1.807, 2.05) is 44.2 Å². The van der Waals surface area contributed by atoms with Crippen molar-refractivity contribution in [2.75, 3.05) is 36.5 Å². The molecule has 1 fully saturated rings. The van der Waals surface area contributed by atoms with Gasteiger partial charge in [0.25, 0.3) is 16.8 Å². The number of anilines is 3. The zero-order valence-corrected chi connectivity index (χ0v) is 22.1. The molecule has 0 aromatic heterocycles. The van der Waals surface area contributed by atoms with Crippen molar-refractivity contribution in [2.45, 2.75) is 26.4 Å². The number of carboxylic acids is 1. The molecule has 11 nitrogen and oxygen atoms in total. The van der Waals surface area contributed by atoms with Crippen LogP contribution in [-0.2, 0) is 22.3 Å². The van der Waals surface area contributed by atoms with E-state index in [1.54, 1.807) is 0 Å². The van der Waals surface area contributed by atoms with E-state index in [-0.39, 0.29) is 42.3 Å². The molecule has 1 aliphatic heterocycles. The van der Waals surface area contributed by atoms with Crippen molar-refractivity contribution in [3.05, 3.63) is 80.1 Å². The van der Waals surface area contributed by atoms with Crippen LogP contribution in [0.25, 0.3) is 0 Å². The number of hydrogen-bond acceptors (Lipinski definition) is 8. The first-order valence-electron chi connectivity index (χ1n) is 12.0. The highest BCUT2D eigenvalue weighted by Crippen LogP contribution is 2.33. The zero-order valence-electron chi connectivity index (χ0n) is 21.3. The van der Waals surface area contributed by atoms with Gasteiger partial charge in [0.2, 0.25) is 0 Å². The van der Waals surface area contributed by atoms with Crippen molar-refractivity contribution in [1.82, 2.24) is 9.21 Å². The third-order valence-electron chi connectivity index (χ3n) is 6.00. The molecule has 2 atom stereocenters. The number of para-hydroxylation sites is 1. The van der Waals surface area contributed by atoms with Crippen LogP contribution in [0.1, 0.15) is 29.8 Å². The number of carbonyl (C=O) groups excluding carboxylic acids is 1. The molecule has 0 saturated carbocycles. The summed E-state index contributed by atoms with van der Waals surface area (Å²) < 4.78 is 13.2. The van der Waals surface area contributed by atoms with Crippen molar-refractivity contribution in [3.8, 4) is 5.75 Å². The molecule has 1 saturated heterocycles. The first-order valence-corrected chi connectivity index (χ1v) is 13.5. The molecule has 1 amide bonds. The smallest absolute Gasteiger partial charge is 0.327 e. The molecule has 4 rings (SSSR count). The third-order valence-corrected chi connectivity index (χ3v) is 7.06. The molecule has 4 N–H and O–H groups in total. The monoisotopic (exact) mass is 542 g/mol. The third kappa shape index (κ3) is 5.92. The van der Waals surface area contributed by atoms with Gasteiger partial charge in [0.1, 0.15) is 17.4 Å². The van der Waals surface area contributed by atoms with Gasteiger partial charge in [-0.15, -0.1) is 0 Å².